The second kappa shape index (κ2) is 12.1. The minimum absolute atomic E-state index is 0.0145. The van der Waals surface area contributed by atoms with E-state index < -0.39 is 17.2 Å². The van der Waals surface area contributed by atoms with Crippen molar-refractivity contribution in [3.8, 4) is 11.1 Å². The van der Waals surface area contributed by atoms with Crippen LogP contribution in [0.1, 0.15) is 51.6 Å². The topological polar surface area (TPSA) is 96.8 Å². The molecule has 0 aliphatic carbocycles. The first kappa shape index (κ1) is 27.6. The molecule has 3 aromatic heterocycles. The molecule has 9 heteroatoms. The first-order valence-corrected chi connectivity index (χ1v) is 13.3. The molecule has 5 aromatic rings. The van der Waals surface area contributed by atoms with Gasteiger partial charge in [0.15, 0.2) is 17.4 Å². The summed E-state index contributed by atoms with van der Waals surface area (Å²) in [6.07, 6.45) is 6.27. The van der Waals surface area contributed by atoms with Crippen LogP contribution >= 0.6 is 0 Å². The number of aryl methyl sites for hydroxylation is 1. The maximum atomic E-state index is 13.6. The number of ketones is 1. The Morgan fingerprint density at radius 2 is 1.85 bits per heavy atom. The van der Waals surface area contributed by atoms with Gasteiger partial charge in [-0.2, -0.15) is 0 Å². The quantitative estimate of drug-likeness (QED) is 0.217. The van der Waals surface area contributed by atoms with E-state index in [0.29, 0.717) is 29.7 Å². The number of amides is 1. The molecule has 0 spiro atoms. The molecule has 7 nitrogen and oxygen atoms in total. The van der Waals surface area contributed by atoms with Crippen LogP contribution in [-0.2, 0) is 13.0 Å². The van der Waals surface area contributed by atoms with Crippen LogP contribution in [0.15, 0.2) is 84.0 Å². The first-order chi connectivity index (χ1) is 19.8. The number of H-pyrrole nitrogens is 1. The van der Waals surface area contributed by atoms with E-state index in [2.05, 4.69) is 15.3 Å². The Labute approximate surface area is 234 Å². The number of hydrogen-bond donors (Lipinski definition) is 2. The fourth-order valence-corrected chi connectivity index (χ4v) is 4.70. The Kier molecular flexibility index (Phi) is 8.14. The number of pyridine rings is 2. The van der Waals surface area contributed by atoms with Crippen LogP contribution in [0.4, 0.5) is 8.78 Å². The summed E-state index contributed by atoms with van der Waals surface area (Å²) in [6.45, 7) is 2.59. The lowest BCUT2D eigenvalue weighted by Crippen LogP contribution is -2.26. The zero-order valence-electron chi connectivity index (χ0n) is 22.4. The van der Waals surface area contributed by atoms with Gasteiger partial charge in [-0.25, -0.2) is 13.8 Å². The van der Waals surface area contributed by atoms with E-state index >= 15 is 0 Å². The van der Waals surface area contributed by atoms with Crippen LogP contribution < -0.4 is 10.9 Å². The minimum atomic E-state index is -0.994. The van der Waals surface area contributed by atoms with Gasteiger partial charge in [-0.15, -0.1) is 0 Å². The first-order valence-electron chi connectivity index (χ1n) is 13.3. The van der Waals surface area contributed by atoms with Crippen molar-refractivity contribution in [1.29, 1.82) is 0 Å². The number of aromatic amines is 1. The molecule has 2 N–H and O–H groups in total. The molecular weight excluding hydrogens is 526 g/mol. The van der Waals surface area contributed by atoms with Gasteiger partial charge in [0.05, 0.1) is 17.7 Å². The number of carbonyl (C=O) groups is 2. The van der Waals surface area contributed by atoms with Gasteiger partial charge in [0.1, 0.15) is 5.65 Å². The van der Waals surface area contributed by atoms with Gasteiger partial charge in [-0.3, -0.25) is 14.4 Å². The zero-order valence-corrected chi connectivity index (χ0v) is 22.4. The largest absolute Gasteiger partial charge is 0.352 e. The Balaban J connectivity index is 1.31. The van der Waals surface area contributed by atoms with Crippen molar-refractivity contribution in [1.82, 2.24) is 19.9 Å². The van der Waals surface area contributed by atoms with Crippen molar-refractivity contribution in [2.45, 2.75) is 32.7 Å². The number of fused-ring (bicyclic) bond motifs is 1. The molecule has 0 atom stereocenters. The smallest absolute Gasteiger partial charge is 0.261 e. The second-order valence-corrected chi connectivity index (χ2v) is 9.81. The van der Waals surface area contributed by atoms with Crippen LogP contribution in [0.2, 0.25) is 0 Å². The summed E-state index contributed by atoms with van der Waals surface area (Å²) in [5, 5.41) is 3.68. The lowest BCUT2D eigenvalue weighted by atomic mass is 9.98. The summed E-state index contributed by atoms with van der Waals surface area (Å²) in [6, 6.07) is 16.1. The lowest BCUT2D eigenvalue weighted by Gasteiger charge is -2.09. The number of hydrogen-bond acceptors (Lipinski definition) is 4. The van der Waals surface area contributed by atoms with Crippen LogP contribution in [0, 0.1) is 11.6 Å². The third-order valence-electron chi connectivity index (χ3n) is 6.87. The lowest BCUT2D eigenvalue weighted by molar-refractivity contribution is 0.0951. The molecule has 0 unspecified atom stereocenters. The maximum absolute atomic E-state index is 13.6. The van der Waals surface area contributed by atoms with Crippen molar-refractivity contribution < 1.29 is 18.4 Å². The number of aromatic nitrogens is 3. The van der Waals surface area contributed by atoms with Crippen molar-refractivity contribution in [2.24, 2.45) is 0 Å². The Morgan fingerprint density at radius 1 is 1.00 bits per heavy atom. The molecule has 3 heterocycles. The van der Waals surface area contributed by atoms with Gasteiger partial charge >= 0.3 is 0 Å². The van der Waals surface area contributed by atoms with E-state index in [1.54, 1.807) is 12.3 Å². The molecule has 0 saturated heterocycles. The average molecular weight is 555 g/mol. The van der Waals surface area contributed by atoms with E-state index in [9.17, 15) is 23.2 Å². The van der Waals surface area contributed by atoms with Gasteiger partial charge in [-0.05, 0) is 59.9 Å². The highest BCUT2D eigenvalue weighted by Crippen LogP contribution is 2.29. The molecule has 41 heavy (non-hydrogen) atoms. The van der Waals surface area contributed by atoms with Crippen LogP contribution in [0.5, 0.6) is 0 Å². The normalized spacial score (nSPS) is 11.1. The summed E-state index contributed by atoms with van der Waals surface area (Å²) >= 11 is 0. The number of benzene rings is 2. The molecule has 5 rings (SSSR count). The Bertz CT molecular complexity index is 1810. The van der Waals surface area contributed by atoms with Gasteiger partial charge < -0.3 is 14.9 Å². The molecule has 2 aromatic carbocycles. The number of nitrogens with one attached hydrogen (secondary N) is 2. The van der Waals surface area contributed by atoms with Crippen LogP contribution in [0.3, 0.4) is 0 Å². The molecule has 0 saturated carbocycles. The third-order valence-corrected chi connectivity index (χ3v) is 6.87. The molecule has 0 radical (unpaired) electrons. The number of nitrogens with zero attached hydrogens (tertiary/aromatic N) is 2. The van der Waals surface area contributed by atoms with Gasteiger partial charge in [0, 0.05) is 42.5 Å². The summed E-state index contributed by atoms with van der Waals surface area (Å²) in [7, 11) is 0. The number of halogens is 2. The minimum Gasteiger partial charge on any atom is -0.352 e. The Hall–Kier alpha value is -4.92. The number of Topliss-reactive ketones (excluding diaryl/α,β-unsaturated/α-hetero) is 1. The molecule has 0 aliphatic heterocycles. The Morgan fingerprint density at radius 3 is 2.66 bits per heavy atom. The number of rotatable bonds is 10. The van der Waals surface area contributed by atoms with E-state index in [1.807, 2.05) is 43.5 Å². The fraction of sp³-hybridized carbons (Fsp3) is 0.188. The molecule has 0 bridgehead atoms. The van der Waals surface area contributed by atoms with Crippen LogP contribution in [-0.4, -0.2) is 32.8 Å². The SMILES string of the molecule is CCCNC(=O)c1cnc2[nH]cc(-c3cccc(CCC(=O)c4cccn(Cc5ccc(F)c(F)c5)c4=O)c3)c2c1. The van der Waals surface area contributed by atoms with E-state index in [4.69, 9.17) is 0 Å². The summed E-state index contributed by atoms with van der Waals surface area (Å²) in [5.74, 6) is -2.44. The predicted octanol–water partition coefficient (Wildman–Crippen LogP) is 5.67. The van der Waals surface area contributed by atoms with Crippen molar-refractivity contribution in [3.63, 3.8) is 0 Å². The average Bonchev–Trinajstić information content (AvgIpc) is 3.41. The standard InChI is InChI=1S/C32H28F2N4O3/c1-2-12-35-31(40)23-16-25-26(18-37-30(25)36-17-23)22-6-3-5-20(14-22)9-11-29(39)24-7-4-13-38(32(24)41)19-21-8-10-27(33)28(34)15-21/h3-8,10,13-18H,2,9,11-12,19H2,1H3,(H,35,40)(H,36,37). The zero-order chi connectivity index (χ0) is 28.9. The highest BCUT2D eigenvalue weighted by molar-refractivity contribution is 6.01. The molecular formula is C32H28F2N4O3. The van der Waals surface area contributed by atoms with E-state index in [1.165, 1.54) is 22.9 Å². The number of carbonyl (C=O) groups excluding carboxylic acids is 2. The summed E-state index contributed by atoms with van der Waals surface area (Å²) in [4.78, 5) is 46.0. The maximum Gasteiger partial charge on any atom is 0.261 e. The summed E-state index contributed by atoms with van der Waals surface area (Å²) in [5.41, 5.74) is 3.81. The highest BCUT2D eigenvalue weighted by atomic mass is 19.2. The van der Waals surface area contributed by atoms with Gasteiger partial charge in [0.2, 0.25) is 0 Å². The monoisotopic (exact) mass is 554 g/mol. The predicted molar refractivity (Wildman–Crippen MR) is 153 cm³/mol. The summed E-state index contributed by atoms with van der Waals surface area (Å²) < 4.78 is 28.2. The van der Waals surface area contributed by atoms with Crippen molar-refractivity contribution in [2.75, 3.05) is 6.54 Å². The van der Waals surface area contributed by atoms with Crippen molar-refractivity contribution in [3.05, 3.63) is 123 Å². The molecule has 1 amide bonds. The molecule has 208 valence electrons. The van der Waals surface area contributed by atoms with Crippen LogP contribution in [0.25, 0.3) is 22.2 Å². The third kappa shape index (κ3) is 6.14. The van der Waals surface area contributed by atoms with E-state index in [0.717, 1.165) is 40.6 Å². The molecule has 0 fully saturated rings. The van der Waals surface area contributed by atoms with E-state index in [-0.39, 0.29) is 30.2 Å². The van der Waals surface area contributed by atoms with Crippen molar-refractivity contribution >= 4 is 22.7 Å². The van der Waals surface area contributed by atoms with Gasteiger partial charge in [0.25, 0.3) is 11.5 Å². The highest BCUT2D eigenvalue weighted by Gasteiger charge is 2.15. The molecule has 0 aliphatic rings. The second-order valence-electron chi connectivity index (χ2n) is 9.81. The van der Waals surface area contributed by atoms with Gasteiger partial charge in [-0.1, -0.05) is 37.3 Å². The fourth-order valence-electron chi connectivity index (χ4n) is 4.70.